The van der Waals surface area contributed by atoms with E-state index in [-0.39, 0.29) is 47.9 Å². The lowest BCUT2D eigenvalue weighted by Crippen LogP contribution is -2.48. The number of hydrogen-bond donors (Lipinski definition) is 2. The van der Waals surface area contributed by atoms with Crippen LogP contribution >= 0.6 is 11.6 Å². The van der Waals surface area contributed by atoms with Crippen LogP contribution < -0.4 is 9.46 Å². The maximum atomic E-state index is 14.1. The Morgan fingerprint density at radius 2 is 1.79 bits per heavy atom. The van der Waals surface area contributed by atoms with E-state index in [2.05, 4.69) is 4.72 Å². The monoisotopic (exact) mass is 659 g/mol. The zero-order valence-electron chi connectivity index (χ0n) is 25.2. The second-order valence-electron chi connectivity index (χ2n) is 11.1. The highest BCUT2D eigenvalue weighted by molar-refractivity contribution is 7.92. The smallest absolute Gasteiger partial charge is 0.258 e. The van der Waals surface area contributed by atoms with Crippen LogP contribution in [0.25, 0.3) is 0 Å². The first kappa shape index (κ1) is 35.1. The molecule has 4 atom stereocenters. The normalized spacial score (nSPS) is 21.9. The summed E-state index contributed by atoms with van der Waals surface area (Å²) in [4.78, 5) is 15.7. The number of nitrogens with one attached hydrogen (secondary N) is 1. The number of carbonyl (C=O) groups excluding carboxylic acids is 1. The first-order chi connectivity index (χ1) is 20.1. The lowest BCUT2D eigenvalue weighted by molar-refractivity contribution is -0.00833. The van der Waals surface area contributed by atoms with Crippen LogP contribution in [0.1, 0.15) is 50.4 Å². The molecular weight excluding hydrogens is 618 g/mol. The summed E-state index contributed by atoms with van der Waals surface area (Å²) >= 11 is 5.95. The van der Waals surface area contributed by atoms with Crippen LogP contribution in [0.2, 0.25) is 5.02 Å². The molecule has 14 heteroatoms. The molecule has 1 heterocycles. The van der Waals surface area contributed by atoms with Gasteiger partial charge >= 0.3 is 0 Å². The van der Waals surface area contributed by atoms with Gasteiger partial charge in [0.2, 0.25) is 20.0 Å². The highest BCUT2D eigenvalue weighted by Crippen LogP contribution is 2.29. The molecule has 43 heavy (non-hydrogen) atoms. The van der Waals surface area contributed by atoms with Gasteiger partial charge in [-0.05, 0) is 75.6 Å². The van der Waals surface area contributed by atoms with Gasteiger partial charge in [-0.3, -0.25) is 9.52 Å². The molecule has 0 saturated heterocycles. The minimum atomic E-state index is -3.85. The van der Waals surface area contributed by atoms with Crippen molar-refractivity contribution in [2.75, 3.05) is 44.3 Å². The summed E-state index contributed by atoms with van der Waals surface area (Å²) in [6.07, 6.45) is 2.34. The van der Waals surface area contributed by atoms with Gasteiger partial charge in [-0.15, -0.1) is 0 Å². The average molecular weight is 660 g/mol. The molecule has 2 N–H and O–H groups in total. The molecule has 0 spiro atoms. The quantitative estimate of drug-likeness (QED) is 0.436. The predicted molar refractivity (Wildman–Crippen MR) is 167 cm³/mol. The third kappa shape index (κ3) is 9.79. The number of aliphatic hydroxyl groups is 1. The fourth-order valence-corrected chi connectivity index (χ4v) is 6.66. The van der Waals surface area contributed by atoms with Crippen molar-refractivity contribution >= 4 is 43.2 Å². The van der Waals surface area contributed by atoms with E-state index in [1.165, 1.54) is 52.7 Å². The molecule has 0 fully saturated rings. The molecule has 0 unspecified atom stereocenters. The van der Waals surface area contributed by atoms with Gasteiger partial charge in [-0.25, -0.2) is 16.8 Å². The Morgan fingerprint density at radius 3 is 2.42 bits per heavy atom. The lowest BCUT2D eigenvalue weighted by atomic mass is 10.0. The molecule has 2 aromatic rings. The molecule has 3 rings (SSSR count). The molecule has 240 valence electrons. The van der Waals surface area contributed by atoms with E-state index in [0.717, 1.165) is 12.7 Å². The Kier molecular flexibility index (Phi) is 12.3. The summed E-state index contributed by atoms with van der Waals surface area (Å²) in [6.45, 7) is 5.66. The number of rotatable bonds is 8. The molecule has 0 aromatic heterocycles. The Bertz CT molecular complexity index is 1450. The maximum Gasteiger partial charge on any atom is 0.258 e. The first-order valence-corrected chi connectivity index (χ1v) is 17.9. The number of nitrogens with zero attached hydrogens (tertiary/aromatic N) is 2. The molecule has 1 aliphatic rings. The van der Waals surface area contributed by atoms with E-state index in [9.17, 15) is 26.7 Å². The van der Waals surface area contributed by atoms with Crippen molar-refractivity contribution in [3.8, 4) is 5.75 Å². The third-order valence-corrected chi connectivity index (χ3v) is 10.0. The van der Waals surface area contributed by atoms with Crippen molar-refractivity contribution < 1.29 is 36.2 Å². The van der Waals surface area contributed by atoms with Crippen molar-refractivity contribution in [2.24, 2.45) is 5.92 Å². The summed E-state index contributed by atoms with van der Waals surface area (Å²) in [7, 11) is -5.98. The standard InChI is InChI=1S/C29H42ClN3O8S2/c1-20-17-33(21(2)19-34)29(35)26-16-24(31-42(5,36)37)11-14-27(26)41-22(3)8-6-7-15-40-28(20)18-32(4)43(38,39)25-12-9-23(30)10-13-25/h9-14,16,20-22,28,31,34H,6-8,15,17-19H2,1-5H3/t20-,21-,22+,28-/m0/s1. The second kappa shape index (κ2) is 15.0. The first-order valence-electron chi connectivity index (χ1n) is 14.2. The van der Waals surface area contributed by atoms with Crippen LogP contribution in [0, 0.1) is 5.92 Å². The number of carbonyl (C=O) groups is 1. The molecule has 2 aromatic carbocycles. The van der Waals surface area contributed by atoms with Crippen LogP contribution in [0.4, 0.5) is 5.69 Å². The van der Waals surface area contributed by atoms with E-state index in [4.69, 9.17) is 21.1 Å². The third-order valence-electron chi connectivity index (χ3n) is 7.31. The van der Waals surface area contributed by atoms with Crippen LogP contribution in [0.15, 0.2) is 47.4 Å². The summed E-state index contributed by atoms with van der Waals surface area (Å²) in [6, 6.07) is 9.84. The highest BCUT2D eigenvalue weighted by atomic mass is 35.5. The van der Waals surface area contributed by atoms with E-state index in [1.807, 2.05) is 13.8 Å². The number of fused-ring (bicyclic) bond motifs is 1. The Balaban J connectivity index is 1.98. The van der Waals surface area contributed by atoms with Gasteiger partial charge in [0, 0.05) is 43.4 Å². The van der Waals surface area contributed by atoms with Crippen molar-refractivity contribution in [3.05, 3.63) is 53.1 Å². The molecule has 11 nitrogen and oxygen atoms in total. The summed E-state index contributed by atoms with van der Waals surface area (Å²) in [5.74, 6) is -0.520. The SMILES string of the molecule is C[C@@H]1CCCCO[C@@H](CN(C)S(=O)(=O)c2ccc(Cl)cc2)[C@@H](C)CN([C@@H](C)CO)C(=O)c2cc(NS(C)(=O)=O)ccc2O1. The van der Waals surface area contributed by atoms with Crippen molar-refractivity contribution in [2.45, 2.75) is 63.2 Å². The van der Waals surface area contributed by atoms with Crippen LogP contribution in [0.5, 0.6) is 5.75 Å². The molecule has 1 amide bonds. The zero-order valence-corrected chi connectivity index (χ0v) is 27.6. The number of ether oxygens (including phenoxy) is 2. The fourth-order valence-electron chi connectivity index (χ4n) is 4.80. The van der Waals surface area contributed by atoms with Gasteiger partial charge in [-0.1, -0.05) is 18.5 Å². The molecular formula is C29H42ClN3O8S2. The fraction of sp³-hybridized carbons (Fsp3) is 0.552. The maximum absolute atomic E-state index is 14.1. The molecule has 0 saturated carbocycles. The topological polar surface area (TPSA) is 143 Å². The minimum absolute atomic E-state index is 0.0280. The lowest BCUT2D eigenvalue weighted by Gasteiger charge is -2.35. The average Bonchev–Trinajstić information content (AvgIpc) is 2.93. The predicted octanol–water partition coefficient (Wildman–Crippen LogP) is 3.83. The number of benzene rings is 2. The molecule has 0 aliphatic carbocycles. The van der Waals surface area contributed by atoms with Crippen molar-refractivity contribution in [1.29, 1.82) is 0 Å². The number of halogens is 1. The highest BCUT2D eigenvalue weighted by Gasteiger charge is 2.32. The van der Waals surface area contributed by atoms with Crippen LogP contribution in [-0.2, 0) is 24.8 Å². The number of sulfonamides is 2. The van der Waals surface area contributed by atoms with E-state index in [0.29, 0.717) is 30.2 Å². The number of anilines is 1. The molecule has 1 aliphatic heterocycles. The number of likely N-dealkylation sites (N-methyl/N-ethyl adjacent to an activating group) is 1. The molecule has 0 bridgehead atoms. The van der Waals surface area contributed by atoms with Gasteiger partial charge in [-0.2, -0.15) is 4.31 Å². The van der Waals surface area contributed by atoms with E-state index >= 15 is 0 Å². The van der Waals surface area contributed by atoms with Gasteiger partial charge < -0.3 is 19.5 Å². The largest absolute Gasteiger partial charge is 0.490 e. The van der Waals surface area contributed by atoms with Crippen molar-refractivity contribution in [1.82, 2.24) is 9.21 Å². The Labute approximate surface area is 260 Å². The summed E-state index contributed by atoms with van der Waals surface area (Å²) in [5.41, 5.74) is 0.344. The zero-order chi connectivity index (χ0) is 31.9. The van der Waals surface area contributed by atoms with E-state index in [1.54, 1.807) is 13.0 Å². The second-order valence-corrected chi connectivity index (χ2v) is 15.4. The summed E-state index contributed by atoms with van der Waals surface area (Å²) in [5, 5.41) is 10.5. The summed E-state index contributed by atoms with van der Waals surface area (Å²) < 4.78 is 66.5. The Hall–Kier alpha value is -2.42. The minimum Gasteiger partial charge on any atom is -0.490 e. The van der Waals surface area contributed by atoms with Gasteiger partial charge in [0.15, 0.2) is 0 Å². The van der Waals surface area contributed by atoms with E-state index < -0.39 is 38.1 Å². The van der Waals surface area contributed by atoms with Gasteiger partial charge in [0.1, 0.15) is 5.75 Å². The number of amides is 1. The van der Waals surface area contributed by atoms with Gasteiger partial charge in [0.05, 0.1) is 41.6 Å². The van der Waals surface area contributed by atoms with Crippen LogP contribution in [0.3, 0.4) is 0 Å². The van der Waals surface area contributed by atoms with Crippen LogP contribution in [-0.4, -0.2) is 94.9 Å². The molecule has 0 radical (unpaired) electrons. The van der Waals surface area contributed by atoms with Gasteiger partial charge in [0.25, 0.3) is 5.91 Å². The van der Waals surface area contributed by atoms with Crippen molar-refractivity contribution in [3.63, 3.8) is 0 Å². The number of hydrogen-bond acceptors (Lipinski definition) is 8. The Morgan fingerprint density at radius 1 is 1.12 bits per heavy atom. The number of aliphatic hydroxyl groups excluding tert-OH is 1.